The molecular formula is C20H18N3S3+. The lowest BCUT2D eigenvalue weighted by Gasteiger charge is -2.17. The third-order valence-corrected chi connectivity index (χ3v) is 6.70. The van der Waals surface area contributed by atoms with Gasteiger partial charge in [0, 0.05) is 17.5 Å². The molecule has 0 saturated heterocycles. The Morgan fingerprint density at radius 2 is 2.08 bits per heavy atom. The van der Waals surface area contributed by atoms with Gasteiger partial charge < -0.3 is 4.90 Å². The quantitative estimate of drug-likeness (QED) is 0.312. The van der Waals surface area contributed by atoms with E-state index in [9.17, 15) is 0 Å². The average molecular weight is 397 g/mol. The smallest absolute Gasteiger partial charge is 0.265 e. The van der Waals surface area contributed by atoms with E-state index in [2.05, 4.69) is 75.9 Å². The number of thiocarbonyl (C=S) groups is 1. The SMILES string of the molecule is CCN1/C(=C/c2sc3cc(N=C=S)ccc3[n+]2CC)Sc2ccccc21. The highest BCUT2D eigenvalue weighted by atomic mass is 32.2. The fraction of sp³-hybridized carbons (Fsp3) is 0.200. The van der Waals surface area contributed by atoms with Gasteiger partial charge in [-0.1, -0.05) is 35.2 Å². The molecule has 0 bridgehead atoms. The van der Waals surface area contributed by atoms with Crippen molar-refractivity contribution < 1.29 is 4.57 Å². The maximum atomic E-state index is 4.73. The lowest BCUT2D eigenvalue weighted by molar-refractivity contribution is -0.665. The summed E-state index contributed by atoms with van der Waals surface area (Å²) in [4.78, 5) is 7.81. The number of para-hydroxylation sites is 1. The Morgan fingerprint density at radius 3 is 2.85 bits per heavy atom. The first-order chi connectivity index (χ1) is 12.7. The summed E-state index contributed by atoms with van der Waals surface area (Å²) in [6, 6.07) is 14.8. The summed E-state index contributed by atoms with van der Waals surface area (Å²) in [7, 11) is 0. The van der Waals surface area contributed by atoms with Crippen LogP contribution < -0.4 is 9.47 Å². The van der Waals surface area contributed by atoms with Gasteiger partial charge in [0.1, 0.15) is 11.2 Å². The summed E-state index contributed by atoms with van der Waals surface area (Å²) in [6.45, 7) is 6.27. The molecule has 4 rings (SSSR count). The van der Waals surface area contributed by atoms with Crippen molar-refractivity contribution in [3.8, 4) is 0 Å². The minimum atomic E-state index is 0.856. The Bertz CT molecular complexity index is 1060. The molecule has 0 amide bonds. The van der Waals surface area contributed by atoms with Crippen molar-refractivity contribution in [2.45, 2.75) is 25.3 Å². The number of aryl methyl sites for hydroxylation is 1. The molecule has 26 heavy (non-hydrogen) atoms. The maximum absolute atomic E-state index is 4.73. The number of hydrogen-bond acceptors (Lipinski definition) is 5. The van der Waals surface area contributed by atoms with Gasteiger partial charge >= 0.3 is 0 Å². The second kappa shape index (κ2) is 7.33. The van der Waals surface area contributed by atoms with Gasteiger partial charge in [-0.15, -0.1) is 0 Å². The number of thioether (sulfide) groups is 1. The van der Waals surface area contributed by atoms with Gasteiger partial charge in [-0.2, -0.15) is 9.56 Å². The third-order valence-electron chi connectivity index (χ3n) is 4.41. The molecule has 0 fully saturated rings. The summed E-state index contributed by atoms with van der Waals surface area (Å²) in [5.41, 5.74) is 3.39. The summed E-state index contributed by atoms with van der Waals surface area (Å²) in [5.74, 6) is 0. The number of rotatable bonds is 4. The van der Waals surface area contributed by atoms with Crippen LogP contribution in [0.15, 0.2) is 57.4 Å². The number of aromatic nitrogens is 1. The minimum absolute atomic E-state index is 0.856. The molecule has 3 aromatic rings. The first-order valence-electron chi connectivity index (χ1n) is 8.55. The van der Waals surface area contributed by atoms with Crippen molar-refractivity contribution in [2.24, 2.45) is 4.99 Å². The van der Waals surface area contributed by atoms with Crippen LogP contribution in [-0.4, -0.2) is 11.7 Å². The zero-order valence-electron chi connectivity index (χ0n) is 14.6. The summed E-state index contributed by atoms with van der Waals surface area (Å²) < 4.78 is 3.57. The molecule has 130 valence electrons. The first kappa shape index (κ1) is 17.4. The van der Waals surface area contributed by atoms with Gasteiger partial charge in [-0.3, -0.25) is 0 Å². The maximum Gasteiger partial charge on any atom is 0.265 e. The number of nitrogens with zero attached hydrogens (tertiary/aromatic N) is 3. The topological polar surface area (TPSA) is 19.5 Å². The van der Waals surface area contributed by atoms with Crippen LogP contribution in [0.25, 0.3) is 16.3 Å². The zero-order chi connectivity index (χ0) is 18.1. The molecule has 1 aromatic heterocycles. The van der Waals surface area contributed by atoms with E-state index >= 15 is 0 Å². The van der Waals surface area contributed by atoms with Gasteiger partial charge in [-0.25, -0.2) is 0 Å². The molecular weight excluding hydrogens is 378 g/mol. The normalized spacial score (nSPS) is 14.7. The molecule has 0 atom stereocenters. The molecule has 2 heterocycles. The Morgan fingerprint density at radius 1 is 1.23 bits per heavy atom. The van der Waals surface area contributed by atoms with Crippen LogP contribution in [0.5, 0.6) is 0 Å². The standard InChI is InChI=1S/C20H18N3S3/c1-3-22-15-7-5-6-8-17(15)25-19(22)12-20-23(4-2)16-10-9-14(21-13-24)11-18(16)26-20/h5-12H,3-4H2,1-2H3/q+1. The number of aliphatic imine (C=N–C) groups is 1. The number of isothiocyanates is 1. The number of hydrogen-bond donors (Lipinski definition) is 0. The number of anilines is 1. The van der Waals surface area contributed by atoms with E-state index in [0.29, 0.717) is 0 Å². The molecule has 0 aliphatic carbocycles. The predicted octanol–water partition coefficient (Wildman–Crippen LogP) is 5.87. The van der Waals surface area contributed by atoms with Crippen molar-refractivity contribution in [3.63, 3.8) is 0 Å². The first-order valence-corrected chi connectivity index (χ1v) is 10.6. The van der Waals surface area contributed by atoms with E-state index in [1.54, 1.807) is 11.3 Å². The van der Waals surface area contributed by atoms with Crippen LogP contribution in [0.1, 0.15) is 18.9 Å². The van der Waals surface area contributed by atoms with Crippen LogP contribution in [0.3, 0.4) is 0 Å². The Hall–Kier alpha value is -1.98. The Kier molecular flexibility index (Phi) is 4.92. The lowest BCUT2D eigenvalue weighted by atomic mass is 10.3. The summed E-state index contributed by atoms with van der Waals surface area (Å²) in [5, 5.41) is 4.98. The van der Waals surface area contributed by atoms with Gasteiger partial charge in [0.15, 0.2) is 0 Å². The van der Waals surface area contributed by atoms with E-state index in [0.717, 1.165) is 18.8 Å². The van der Waals surface area contributed by atoms with Crippen LogP contribution in [-0.2, 0) is 6.54 Å². The molecule has 3 nitrogen and oxygen atoms in total. The molecule has 0 spiro atoms. The Labute approximate surface area is 166 Å². The second-order valence-electron chi connectivity index (χ2n) is 5.84. The highest BCUT2D eigenvalue weighted by Gasteiger charge is 2.26. The predicted molar refractivity (Wildman–Crippen MR) is 116 cm³/mol. The van der Waals surface area contributed by atoms with E-state index < -0.39 is 0 Å². The lowest BCUT2D eigenvalue weighted by Crippen LogP contribution is -2.33. The van der Waals surface area contributed by atoms with Crippen molar-refractivity contribution in [1.82, 2.24) is 0 Å². The molecule has 0 saturated carbocycles. The molecule has 1 aliphatic rings. The molecule has 2 aromatic carbocycles. The summed E-state index contributed by atoms with van der Waals surface area (Å²) in [6.07, 6.45) is 2.31. The number of thiazole rings is 1. The van der Waals surface area contributed by atoms with Crippen molar-refractivity contribution >= 4 is 68.1 Å². The number of benzene rings is 2. The molecule has 1 aliphatic heterocycles. The van der Waals surface area contributed by atoms with Gasteiger partial charge in [0.2, 0.25) is 5.52 Å². The highest BCUT2D eigenvalue weighted by molar-refractivity contribution is 8.03. The van der Waals surface area contributed by atoms with Gasteiger partial charge in [-0.05, 0) is 50.3 Å². The van der Waals surface area contributed by atoms with Crippen LogP contribution >= 0.6 is 35.3 Å². The fourth-order valence-electron chi connectivity index (χ4n) is 3.24. The largest absolute Gasteiger partial charge is 0.335 e. The van der Waals surface area contributed by atoms with E-state index in [1.807, 2.05) is 17.8 Å². The van der Waals surface area contributed by atoms with E-state index in [4.69, 9.17) is 12.2 Å². The minimum Gasteiger partial charge on any atom is -0.335 e. The molecule has 6 heteroatoms. The highest BCUT2D eigenvalue weighted by Crippen LogP contribution is 2.46. The fourth-order valence-corrected chi connectivity index (χ4v) is 5.78. The van der Waals surface area contributed by atoms with Crippen molar-refractivity contribution in [2.75, 3.05) is 11.4 Å². The number of fused-ring (bicyclic) bond motifs is 2. The monoisotopic (exact) mass is 396 g/mol. The van der Waals surface area contributed by atoms with Gasteiger partial charge in [0.05, 0.1) is 27.6 Å². The summed E-state index contributed by atoms with van der Waals surface area (Å²) >= 11 is 8.36. The average Bonchev–Trinajstić information content (AvgIpc) is 3.18. The third kappa shape index (κ3) is 2.99. The van der Waals surface area contributed by atoms with E-state index in [1.165, 1.54) is 30.8 Å². The van der Waals surface area contributed by atoms with Crippen LogP contribution in [0.2, 0.25) is 0 Å². The second-order valence-corrected chi connectivity index (χ2v) is 8.14. The van der Waals surface area contributed by atoms with Crippen molar-refractivity contribution in [3.05, 3.63) is 52.5 Å². The van der Waals surface area contributed by atoms with Crippen molar-refractivity contribution in [1.29, 1.82) is 0 Å². The molecule has 0 radical (unpaired) electrons. The molecule has 0 N–H and O–H groups in total. The van der Waals surface area contributed by atoms with Crippen LogP contribution in [0.4, 0.5) is 11.4 Å². The Balaban J connectivity index is 1.82. The molecule has 0 unspecified atom stereocenters. The zero-order valence-corrected chi connectivity index (χ0v) is 17.0. The van der Waals surface area contributed by atoms with E-state index in [-0.39, 0.29) is 0 Å². The van der Waals surface area contributed by atoms with Gasteiger partial charge in [0.25, 0.3) is 5.01 Å². The van der Waals surface area contributed by atoms with Crippen LogP contribution in [0, 0.1) is 0 Å².